The van der Waals surface area contributed by atoms with Crippen LogP contribution in [0.25, 0.3) is 10.5 Å². The maximum Gasteiger partial charge on any atom is 0.173 e. The highest BCUT2D eigenvalue weighted by molar-refractivity contribution is 8.05. The van der Waals surface area contributed by atoms with Gasteiger partial charge in [-0.25, -0.2) is 0 Å². The van der Waals surface area contributed by atoms with E-state index in [0.29, 0.717) is 0 Å². The summed E-state index contributed by atoms with van der Waals surface area (Å²) in [7, 11) is 0.106. The molecule has 1 unspecified atom stereocenters. The Labute approximate surface area is 129 Å². The van der Waals surface area contributed by atoms with Gasteiger partial charge in [-0.3, -0.25) is 4.79 Å². The van der Waals surface area contributed by atoms with Gasteiger partial charge in [-0.05, 0) is 31.5 Å². The van der Waals surface area contributed by atoms with Crippen LogP contribution in [0.5, 0.6) is 0 Å². The molecule has 0 amide bonds. The quantitative estimate of drug-likeness (QED) is 0.772. The van der Waals surface area contributed by atoms with Gasteiger partial charge in [0.05, 0.1) is 5.57 Å². The van der Waals surface area contributed by atoms with Crippen LogP contribution in [0.1, 0.15) is 30.5 Å². The van der Waals surface area contributed by atoms with Crippen LogP contribution in [-0.4, -0.2) is 11.5 Å². The highest BCUT2D eigenvalue weighted by Gasteiger charge is 2.36. The molecule has 0 saturated heterocycles. The second kappa shape index (κ2) is 5.90. The van der Waals surface area contributed by atoms with E-state index in [0.717, 1.165) is 22.6 Å². The van der Waals surface area contributed by atoms with Crippen LogP contribution in [0.3, 0.4) is 0 Å². The number of hydrogen-bond donors (Lipinski definition) is 0. The average Bonchev–Trinajstić information content (AvgIpc) is 2.53. The van der Waals surface area contributed by atoms with Crippen molar-refractivity contribution in [1.82, 2.24) is 0 Å². The average molecular weight is 295 g/mol. The number of allylic oxidation sites excluding steroid dienone is 1. The lowest BCUT2D eigenvalue weighted by molar-refractivity contribution is -0.111. The molecular weight excluding hydrogens is 276 g/mol. The summed E-state index contributed by atoms with van der Waals surface area (Å²) in [5.74, 6) is 2.30. The van der Waals surface area contributed by atoms with Crippen LogP contribution in [0.4, 0.5) is 0 Å². The molecular formula is C19H19OS+. The zero-order chi connectivity index (χ0) is 14.8. The Kier molecular flexibility index (Phi) is 3.98. The van der Waals surface area contributed by atoms with Gasteiger partial charge < -0.3 is 0 Å². The predicted octanol–water partition coefficient (Wildman–Crippen LogP) is 4.30. The number of benzene rings is 2. The molecule has 0 fully saturated rings. The number of hydrogen-bond acceptors (Lipinski definition) is 1. The van der Waals surface area contributed by atoms with E-state index in [2.05, 4.69) is 49.4 Å². The number of rotatable bonds is 3. The molecule has 2 aromatic carbocycles. The highest BCUT2D eigenvalue weighted by Crippen LogP contribution is 2.40. The third-order valence-corrected chi connectivity index (χ3v) is 6.24. The third kappa shape index (κ3) is 2.56. The lowest BCUT2D eigenvalue weighted by Gasteiger charge is -2.22. The van der Waals surface area contributed by atoms with Crippen molar-refractivity contribution in [3.63, 3.8) is 0 Å². The molecule has 1 heterocycles. The molecule has 1 nitrogen and oxygen atoms in total. The first kappa shape index (κ1) is 14.2. The first-order valence-electron chi connectivity index (χ1n) is 7.28. The van der Waals surface area contributed by atoms with E-state index in [-0.39, 0.29) is 16.7 Å². The molecule has 1 aliphatic heterocycles. The summed E-state index contributed by atoms with van der Waals surface area (Å²) in [5.41, 5.74) is 4.56. The van der Waals surface area contributed by atoms with Crippen LogP contribution in [-0.2, 0) is 21.4 Å². The minimum absolute atomic E-state index is 0.106. The number of carbonyl (C=O) groups excluding carboxylic acids is 1. The molecule has 1 atom stereocenters. The minimum Gasteiger partial charge on any atom is -0.294 e. The van der Waals surface area contributed by atoms with Crippen LogP contribution in [0, 0.1) is 0 Å². The van der Waals surface area contributed by atoms with Gasteiger partial charge in [0.1, 0.15) is 11.5 Å². The second-order valence-electron chi connectivity index (χ2n) is 5.21. The van der Waals surface area contributed by atoms with E-state index in [1.165, 1.54) is 16.0 Å². The molecule has 21 heavy (non-hydrogen) atoms. The minimum atomic E-state index is 0.106. The summed E-state index contributed by atoms with van der Waals surface area (Å²) < 4.78 is 0. The molecule has 0 spiro atoms. The van der Waals surface area contributed by atoms with E-state index in [1.807, 2.05) is 12.1 Å². The maximum absolute atomic E-state index is 12.4. The number of Topliss-reactive ketones (excluding diaryl/α,β-unsaturated/α-hetero) is 1. The van der Waals surface area contributed by atoms with Crippen LogP contribution >= 0.6 is 0 Å². The fourth-order valence-electron chi connectivity index (χ4n) is 2.91. The SMILES string of the molecule is CC[S+]1Cc2ccccc2C(C(C)=O)=C1c1ccccc1. The lowest BCUT2D eigenvalue weighted by atomic mass is 9.95. The van der Waals surface area contributed by atoms with Crippen molar-refractivity contribution >= 4 is 27.2 Å². The smallest absolute Gasteiger partial charge is 0.173 e. The number of fused-ring (bicyclic) bond motifs is 1. The summed E-state index contributed by atoms with van der Waals surface area (Å²) in [6, 6.07) is 18.7. The van der Waals surface area contributed by atoms with E-state index < -0.39 is 0 Å². The zero-order valence-corrected chi connectivity index (χ0v) is 13.2. The van der Waals surface area contributed by atoms with E-state index in [4.69, 9.17) is 0 Å². The topological polar surface area (TPSA) is 17.1 Å². The van der Waals surface area contributed by atoms with Gasteiger partial charge in [-0.2, -0.15) is 0 Å². The normalized spacial score (nSPS) is 17.5. The molecule has 1 aliphatic rings. The molecule has 0 aromatic heterocycles. The molecule has 0 saturated carbocycles. The van der Waals surface area contributed by atoms with E-state index >= 15 is 0 Å². The molecule has 2 aromatic rings. The van der Waals surface area contributed by atoms with Crippen molar-refractivity contribution in [3.8, 4) is 0 Å². The Bertz CT molecular complexity index is 701. The first-order chi connectivity index (χ1) is 10.2. The van der Waals surface area contributed by atoms with Crippen LogP contribution in [0.15, 0.2) is 54.6 Å². The standard InChI is InChI=1S/C19H19OS/c1-3-21-13-16-11-7-8-12-17(16)18(14(2)20)19(21)15-9-5-4-6-10-15/h4-12H,3,13H2,1-2H3/q+1. The van der Waals surface area contributed by atoms with Gasteiger partial charge in [0.2, 0.25) is 0 Å². The molecule has 0 bridgehead atoms. The van der Waals surface area contributed by atoms with Gasteiger partial charge in [-0.15, -0.1) is 0 Å². The van der Waals surface area contributed by atoms with Gasteiger partial charge in [0.15, 0.2) is 10.7 Å². The van der Waals surface area contributed by atoms with Crippen LogP contribution in [0.2, 0.25) is 0 Å². The molecule has 0 aliphatic carbocycles. The summed E-state index contributed by atoms with van der Waals surface area (Å²) in [4.78, 5) is 13.6. The maximum atomic E-state index is 12.4. The van der Waals surface area contributed by atoms with Crippen molar-refractivity contribution in [3.05, 3.63) is 71.3 Å². The molecule has 3 rings (SSSR count). The fourth-order valence-corrected chi connectivity index (χ4v) is 5.19. The summed E-state index contributed by atoms with van der Waals surface area (Å²) in [5, 5.41) is 0. The number of ketones is 1. The van der Waals surface area contributed by atoms with Gasteiger partial charge >= 0.3 is 0 Å². The lowest BCUT2D eigenvalue weighted by Crippen LogP contribution is -2.20. The summed E-state index contributed by atoms with van der Waals surface area (Å²) in [6.07, 6.45) is 0. The molecule has 2 heteroatoms. The Morgan fingerprint density at radius 2 is 1.71 bits per heavy atom. The van der Waals surface area contributed by atoms with Gasteiger partial charge in [0, 0.05) is 22.0 Å². The van der Waals surface area contributed by atoms with Crippen molar-refractivity contribution < 1.29 is 4.79 Å². The third-order valence-electron chi connectivity index (χ3n) is 3.87. The Balaban J connectivity index is 2.30. The zero-order valence-electron chi connectivity index (χ0n) is 12.4. The Morgan fingerprint density at radius 1 is 1.05 bits per heavy atom. The summed E-state index contributed by atoms with van der Waals surface area (Å²) >= 11 is 0. The van der Waals surface area contributed by atoms with Crippen LogP contribution < -0.4 is 0 Å². The predicted molar refractivity (Wildman–Crippen MR) is 92.0 cm³/mol. The molecule has 0 radical (unpaired) electrons. The van der Waals surface area contributed by atoms with Crippen molar-refractivity contribution in [1.29, 1.82) is 0 Å². The highest BCUT2D eigenvalue weighted by atomic mass is 32.2. The van der Waals surface area contributed by atoms with Crippen molar-refractivity contribution in [2.24, 2.45) is 0 Å². The first-order valence-corrected chi connectivity index (χ1v) is 8.85. The number of carbonyl (C=O) groups is 1. The Morgan fingerprint density at radius 3 is 2.38 bits per heavy atom. The largest absolute Gasteiger partial charge is 0.294 e. The van der Waals surface area contributed by atoms with E-state index in [1.54, 1.807) is 6.92 Å². The van der Waals surface area contributed by atoms with Gasteiger partial charge in [-0.1, -0.05) is 42.5 Å². The fraction of sp³-hybridized carbons (Fsp3) is 0.211. The monoisotopic (exact) mass is 295 g/mol. The van der Waals surface area contributed by atoms with Crippen molar-refractivity contribution in [2.75, 3.05) is 5.75 Å². The van der Waals surface area contributed by atoms with Gasteiger partial charge in [0.25, 0.3) is 0 Å². The Hall–Kier alpha value is -1.80. The molecule has 0 N–H and O–H groups in total. The van der Waals surface area contributed by atoms with E-state index in [9.17, 15) is 4.79 Å². The second-order valence-corrected chi connectivity index (χ2v) is 7.47. The van der Waals surface area contributed by atoms with Crippen molar-refractivity contribution in [2.45, 2.75) is 19.6 Å². The summed E-state index contributed by atoms with van der Waals surface area (Å²) in [6.45, 7) is 3.91. The molecule has 106 valence electrons.